The molecular weight excluding hydrogens is 176 g/mol. The van der Waals surface area contributed by atoms with Gasteiger partial charge in [0.25, 0.3) is 0 Å². The molecule has 0 aliphatic rings. The molecule has 0 bridgehead atoms. The highest BCUT2D eigenvalue weighted by Gasteiger charge is 2.17. The van der Waals surface area contributed by atoms with Gasteiger partial charge in [0.1, 0.15) is 0 Å². The smallest absolute Gasteiger partial charge is 0.0791 e. The molecule has 0 saturated heterocycles. The summed E-state index contributed by atoms with van der Waals surface area (Å²) in [7, 11) is 3.95. The van der Waals surface area contributed by atoms with Gasteiger partial charge in [0, 0.05) is 18.6 Å². The van der Waals surface area contributed by atoms with E-state index in [1.165, 1.54) is 6.42 Å². The molecule has 0 saturated carbocycles. The van der Waals surface area contributed by atoms with Gasteiger partial charge in [0.15, 0.2) is 0 Å². The number of aliphatic hydroxyl groups excluding tert-OH is 1. The summed E-state index contributed by atoms with van der Waals surface area (Å²) in [4.78, 5) is 2.00. The zero-order valence-corrected chi connectivity index (χ0v) is 10.3. The summed E-state index contributed by atoms with van der Waals surface area (Å²) in [5, 5.41) is 13.0. The first kappa shape index (κ1) is 13.9. The lowest BCUT2D eigenvalue weighted by molar-refractivity contribution is 0.124. The van der Waals surface area contributed by atoms with Crippen LogP contribution < -0.4 is 5.32 Å². The molecule has 0 aromatic rings. The molecule has 1 atom stereocenters. The highest BCUT2D eigenvalue weighted by Crippen LogP contribution is 2.10. The molecule has 0 heterocycles. The molecule has 86 valence electrons. The van der Waals surface area contributed by atoms with E-state index < -0.39 is 0 Å². The van der Waals surface area contributed by atoms with Crippen LogP contribution in [0.1, 0.15) is 33.6 Å². The van der Waals surface area contributed by atoms with Crippen LogP contribution in [0.2, 0.25) is 0 Å². The van der Waals surface area contributed by atoms with E-state index in [4.69, 9.17) is 0 Å². The molecule has 0 aliphatic heterocycles. The van der Waals surface area contributed by atoms with Crippen LogP contribution in [-0.4, -0.2) is 48.8 Å². The van der Waals surface area contributed by atoms with Crippen LogP contribution in [-0.2, 0) is 0 Å². The van der Waals surface area contributed by atoms with Crippen LogP contribution >= 0.6 is 0 Å². The van der Waals surface area contributed by atoms with E-state index in [9.17, 15) is 5.11 Å². The van der Waals surface area contributed by atoms with Crippen LogP contribution in [0.5, 0.6) is 0 Å². The van der Waals surface area contributed by atoms with Crippen LogP contribution in [0.15, 0.2) is 0 Å². The van der Waals surface area contributed by atoms with Gasteiger partial charge in [-0.1, -0.05) is 13.3 Å². The Morgan fingerprint density at radius 3 is 2.36 bits per heavy atom. The van der Waals surface area contributed by atoms with E-state index in [0.717, 1.165) is 13.0 Å². The van der Waals surface area contributed by atoms with Crippen molar-refractivity contribution in [1.29, 1.82) is 0 Å². The Balaban J connectivity index is 3.69. The molecular formula is C11H26N2O. The van der Waals surface area contributed by atoms with Crippen molar-refractivity contribution in [3.63, 3.8) is 0 Å². The SMILES string of the molecule is CCCC(C)(C)NCC(O)CN(C)C. The molecule has 0 fully saturated rings. The van der Waals surface area contributed by atoms with Crippen LogP contribution in [0, 0.1) is 0 Å². The minimum atomic E-state index is -0.277. The van der Waals surface area contributed by atoms with E-state index in [1.54, 1.807) is 0 Å². The second-order valence-corrected chi connectivity index (χ2v) is 4.93. The number of rotatable bonds is 7. The summed E-state index contributed by atoms with van der Waals surface area (Å²) in [5.41, 5.74) is 0.141. The van der Waals surface area contributed by atoms with Gasteiger partial charge in [-0.25, -0.2) is 0 Å². The van der Waals surface area contributed by atoms with Crippen LogP contribution in [0.3, 0.4) is 0 Å². The number of likely N-dealkylation sites (N-methyl/N-ethyl adjacent to an activating group) is 1. The number of nitrogens with zero attached hydrogens (tertiary/aromatic N) is 1. The Kier molecular flexibility index (Phi) is 6.33. The van der Waals surface area contributed by atoms with Gasteiger partial charge in [-0.3, -0.25) is 0 Å². The van der Waals surface area contributed by atoms with Gasteiger partial charge in [-0.15, -0.1) is 0 Å². The van der Waals surface area contributed by atoms with Gasteiger partial charge in [-0.2, -0.15) is 0 Å². The van der Waals surface area contributed by atoms with Crippen molar-refractivity contribution in [3.05, 3.63) is 0 Å². The number of hydrogen-bond acceptors (Lipinski definition) is 3. The van der Waals surface area contributed by atoms with Gasteiger partial charge in [0.05, 0.1) is 6.10 Å². The second-order valence-electron chi connectivity index (χ2n) is 4.93. The zero-order chi connectivity index (χ0) is 11.2. The second kappa shape index (κ2) is 6.38. The minimum Gasteiger partial charge on any atom is -0.390 e. The largest absolute Gasteiger partial charge is 0.390 e. The minimum absolute atomic E-state index is 0.141. The summed E-state index contributed by atoms with van der Waals surface area (Å²) in [6.45, 7) is 7.93. The Morgan fingerprint density at radius 1 is 1.36 bits per heavy atom. The summed E-state index contributed by atoms with van der Waals surface area (Å²) in [6.07, 6.45) is 2.03. The fraction of sp³-hybridized carbons (Fsp3) is 1.00. The third kappa shape index (κ3) is 7.30. The molecule has 0 aromatic carbocycles. The van der Waals surface area contributed by atoms with Gasteiger partial charge in [0.2, 0.25) is 0 Å². The van der Waals surface area contributed by atoms with Crippen molar-refractivity contribution in [1.82, 2.24) is 10.2 Å². The fourth-order valence-electron chi connectivity index (χ4n) is 1.59. The summed E-state index contributed by atoms with van der Waals surface area (Å²) >= 11 is 0. The average molecular weight is 202 g/mol. The molecule has 1 unspecified atom stereocenters. The lowest BCUT2D eigenvalue weighted by atomic mass is 9.99. The number of β-amino-alcohol motifs (C(OH)–C–C–N with tert-alkyl or cyclic N) is 1. The van der Waals surface area contributed by atoms with Gasteiger partial charge >= 0.3 is 0 Å². The predicted molar refractivity (Wildman–Crippen MR) is 61.6 cm³/mol. The normalized spacial score (nSPS) is 14.8. The van der Waals surface area contributed by atoms with Crippen molar-refractivity contribution < 1.29 is 5.11 Å². The maximum Gasteiger partial charge on any atom is 0.0791 e. The van der Waals surface area contributed by atoms with Crippen molar-refractivity contribution >= 4 is 0 Å². The molecule has 0 rings (SSSR count). The Labute approximate surface area is 88.5 Å². The molecule has 0 aliphatic carbocycles. The van der Waals surface area contributed by atoms with E-state index in [0.29, 0.717) is 6.54 Å². The molecule has 0 aromatic heterocycles. The maximum atomic E-state index is 9.65. The van der Waals surface area contributed by atoms with Crippen LogP contribution in [0.4, 0.5) is 0 Å². The summed E-state index contributed by atoms with van der Waals surface area (Å²) in [6, 6.07) is 0. The van der Waals surface area contributed by atoms with E-state index in [2.05, 4.69) is 26.1 Å². The third-order valence-electron chi connectivity index (χ3n) is 2.27. The standard InChI is InChI=1S/C11H26N2O/c1-6-7-11(2,3)12-8-10(14)9-13(4)5/h10,12,14H,6-9H2,1-5H3. The Hall–Kier alpha value is -0.120. The molecule has 3 heteroatoms. The monoisotopic (exact) mass is 202 g/mol. The first-order chi connectivity index (χ1) is 6.37. The van der Waals surface area contributed by atoms with Crippen molar-refractivity contribution in [3.8, 4) is 0 Å². The Bertz CT molecular complexity index is 146. The summed E-state index contributed by atoms with van der Waals surface area (Å²) < 4.78 is 0. The highest BCUT2D eigenvalue weighted by molar-refractivity contribution is 4.78. The lowest BCUT2D eigenvalue weighted by Crippen LogP contribution is -2.45. The van der Waals surface area contributed by atoms with Crippen molar-refractivity contribution in [2.45, 2.75) is 45.3 Å². The molecule has 0 amide bonds. The molecule has 0 radical (unpaired) electrons. The third-order valence-corrected chi connectivity index (χ3v) is 2.27. The maximum absolute atomic E-state index is 9.65. The fourth-order valence-corrected chi connectivity index (χ4v) is 1.59. The molecule has 2 N–H and O–H groups in total. The van der Waals surface area contributed by atoms with Gasteiger partial charge < -0.3 is 15.3 Å². The Morgan fingerprint density at radius 2 is 1.93 bits per heavy atom. The predicted octanol–water partition coefficient (Wildman–Crippen LogP) is 1.08. The number of nitrogens with one attached hydrogen (secondary N) is 1. The molecule has 14 heavy (non-hydrogen) atoms. The number of aliphatic hydroxyl groups is 1. The molecule has 3 nitrogen and oxygen atoms in total. The number of hydrogen-bond donors (Lipinski definition) is 2. The highest BCUT2D eigenvalue weighted by atomic mass is 16.3. The van der Waals surface area contributed by atoms with Crippen molar-refractivity contribution in [2.24, 2.45) is 0 Å². The van der Waals surface area contributed by atoms with Crippen molar-refractivity contribution in [2.75, 3.05) is 27.2 Å². The molecule has 0 spiro atoms. The zero-order valence-electron chi connectivity index (χ0n) is 10.3. The topological polar surface area (TPSA) is 35.5 Å². The first-order valence-electron chi connectivity index (χ1n) is 5.45. The van der Waals surface area contributed by atoms with E-state index in [-0.39, 0.29) is 11.6 Å². The van der Waals surface area contributed by atoms with Gasteiger partial charge in [-0.05, 0) is 34.4 Å². The van der Waals surface area contributed by atoms with E-state index in [1.807, 2.05) is 19.0 Å². The lowest BCUT2D eigenvalue weighted by Gasteiger charge is -2.28. The quantitative estimate of drug-likeness (QED) is 0.648. The summed E-state index contributed by atoms with van der Waals surface area (Å²) in [5.74, 6) is 0. The first-order valence-corrected chi connectivity index (χ1v) is 5.45. The van der Waals surface area contributed by atoms with Crippen LogP contribution in [0.25, 0.3) is 0 Å². The van der Waals surface area contributed by atoms with E-state index >= 15 is 0 Å². The average Bonchev–Trinajstić information content (AvgIpc) is 2.00.